The number of alkyl halides is 1. The summed E-state index contributed by atoms with van der Waals surface area (Å²) in [4.78, 5) is 12.1. The predicted octanol–water partition coefficient (Wildman–Crippen LogP) is 4.30. The van der Waals surface area contributed by atoms with Crippen molar-refractivity contribution in [2.75, 3.05) is 6.61 Å². The van der Waals surface area contributed by atoms with Gasteiger partial charge in [0.15, 0.2) is 12.4 Å². The second-order valence-electron chi connectivity index (χ2n) is 7.82. The molecule has 5 heteroatoms. The molecule has 0 radical (unpaired) electrons. The van der Waals surface area contributed by atoms with Gasteiger partial charge in [-0.1, -0.05) is 76.6 Å². The van der Waals surface area contributed by atoms with Crippen molar-refractivity contribution in [2.45, 2.75) is 49.5 Å². The van der Waals surface area contributed by atoms with Gasteiger partial charge in [0.25, 0.3) is 0 Å². The van der Waals surface area contributed by atoms with Crippen LogP contribution in [0.15, 0.2) is 60.7 Å². The van der Waals surface area contributed by atoms with Crippen LogP contribution < -0.4 is 0 Å². The lowest BCUT2D eigenvalue weighted by Gasteiger charge is -2.46. The van der Waals surface area contributed by atoms with Gasteiger partial charge in [-0.3, -0.25) is 4.79 Å². The second kappa shape index (κ2) is 8.36. The molecular formula is C23H25BrO4. The van der Waals surface area contributed by atoms with Gasteiger partial charge in [-0.05, 0) is 37.3 Å². The second-order valence-corrected chi connectivity index (χ2v) is 9.20. The first kappa shape index (κ1) is 19.6. The molecule has 2 saturated heterocycles. The molecule has 0 spiro atoms. The van der Waals surface area contributed by atoms with Crippen molar-refractivity contribution in [3.05, 3.63) is 71.8 Å². The van der Waals surface area contributed by atoms with E-state index in [4.69, 9.17) is 14.2 Å². The zero-order chi connectivity index (χ0) is 19.6. The molecule has 0 unspecified atom stereocenters. The summed E-state index contributed by atoms with van der Waals surface area (Å²) in [5, 5.41) is 0. The van der Waals surface area contributed by atoms with E-state index >= 15 is 0 Å². The Morgan fingerprint density at radius 1 is 1.11 bits per heavy atom. The van der Waals surface area contributed by atoms with Crippen molar-refractivity contribution in [1.82, 2.24) is 0 Å². The molecule has 2 aromatic rings. The number of hydrogen-bond acceptors (Lipinski definition) is 4. The first-order valence-corrected chi connectivity index (χ1v) is 10.7. The molecule has 4 rings (SSSR count). The number of benzene rings is 2. The van der Waals surface area contributed by atoms with Gasteiger partial charge in [-0.2, -0.15) is 0 Å². The van der Waals surface area contributed by atoms with E-state index in [-0.39, 0.29) is 22.3 Å². The molecule has 0 aliphatic carbocycles. The van der Waals surface area contributed by atoms with E-state index in [0.29, 0.717) is 6.61 Å². The monoisotopic (exact) mass is 444 g/mol. The van der Waals surface area contributed by atoms with Crippen molar-refractivity contribution in [3.63, 3.8) is 0 Å². The predicted molar refractivity (Wildman–Crippen MR) is 110 cm³/mol. The molecule has 2 fully saturated rings. The minimum Gasteiger partial charge on any atom is -0.455 e. The average molecular weight is 445 g/mol. The highest BCUT2D eigenvalue weighted by Gasteiger charge is 2.55. The number of halogens is 1. The van der Waals surface area contributed by atoms with Gasteiger partial charge in [0.1, 0.15) is 4.83 Å². The lowest BCUT2D eigenvalue weighted by atomic mass is 9.67. The Balaban J connectivity index is 1.72. The quantitative estimate of drug-likeness (QED) is 0.492. The van der Waals surface area contributed by atoms with Gasteiger partial charge >= 0.3 is 5.97 Å². The maximum Gasteiger partial charge on any atom is 0.319 e. The summed E-state index contributed by atoms with van der Waals surface area (Å²) in [6.45, 7) is 2.33. The molecule has 4 atom stereocenters. The van der Waals surface area contributed by atoms with Crippen LogP contribution in [0.2, 0.25) is 0 Å². The van der Waals surface area contributed by atoms with Crippen LogP contribution in [0.5, 0.6) is 0 Å². The Hall–Kier alpha value is -1.69. The van der Waals surface area contributed by atoms with Gasteiger partial charge in [-0.25, -0.2) is 0 Å². The lowest BCUT2D eigenvalue weighted by molar-refractivity contribution is -0.223. The summed E-state index contributed by atoms with van der Waals surface area (Å²) in [5.74, 6) is -0.284. The Labute approximate surface area is 174 Å². The first-order valence-electron chi connectivity index (χ1n) is 9.75. The van der Waals surface area contributed by atoms with E-state index in [9.17, 15) is 4.79 Å². The summed E-state index contributed by atoms with van der Waals surface area (Å²) in [7, 11) is 0. The van der Waals surface area contributed by atoms with E-state index in [1.54, 1.807) is 6.92 Å². The number of fused-ring (bicyclic) bond motifs is 2. The SMILES string of the molecule is C[C@H](Br)C(=O)O[C@@H]1[C@@H]2OC[C@H](CC1(Cc1ccccc1)Cc1ccccc1)O2. The van der Waals surface area contributed by atoms with Crippen LogP contribution in [0.1, 0.15) is 24.5 Å². The fraction of sp³-hybridized carbons (Fsp3) is 0.435. The maximum atomic E-state index is 12.5. The molecule has 0 N–H and O–H groups in total. The fourth-order valence-electron chi connectivity index (χ4n) is 4.41. The number of carbonyl (C=O) groups is 1. The van der Waals surface area contributed by atoms with E-state index in [2.05, 4.69) is 64.5 Å². The molecule has 0 aromatic heterocycles. The van der Waals surface area contributed by atoms with Crippen molar-refractivity contribution in [1.29, 1.82) is 0 Å². The topological polar surface area (TPSA) is 44.8 Å². The molecule has 2 bridgehead atoms. The zero-order valence-corrected chi connectivity index (χ0v) is 17.5. The van der Waals surface area contributed by atoms with Crippen LogP contribution in [-0.4, -0.2) is 35.9 Å². The molecule has 148 valence electrons. The Kier molecular flexibility index (Phi) is 5.85. The lowest BCUT2D eigenvalue weighted by Crippen LogP contribution is -2.54. The smallest absolute Gasteiger partial charge is 0.319 e. The summed E-state index contributed by atoms with van der Waals surface area (Å²) >= 11 is 3.33. The van der Waals surface area contributed by atoms with Crippen LogP contribution >= 0.6 is 15.9 Å². The largest absolute Gasteiger partial charge is 0.455 e. The average Bonchev–Trinajstić information content (AvgIpc) is 3.09. The Morgan fingerprint density at radius 2 is 1.68 bits per heavy atom. The summed E-state index contributed by atoms with van der Waals surface area (Å²) in [5.41, 5.74) is 2.17. The summed E-state index contributed by atoms with van der Waals surface area (Å²) < 4.78 is 17.9. The fourth-order valence-corrected chi connectivity index (χ4v) is 4.51. The Morgan fingerprint density at radius 3 is 2.21 bits per heavy atom. The summed E-state index contributed by atoms with van der Waals surface area (Å²) in [6.07, 6.45) is 1.46. The molecule has 4 nitrogen and oxygen atoms in total. The van der Waals surface area contributed by atoms with Crippen LogP contribution in [0.4, 0.5) is 0 Å². The third-order valence-electron chi connectivity index (χ3n) is 5.62. The minimum absolute atomic E-state index is 0.0359. The first-order chi connectivity index (χ1) is 13.6. The van der Waals surface area contributed by atoms with Gasteiger partial charge in [0, 0.05) is 5.41 Å². The van der Waals surface area contributed by atoms with Crippen LogP contribution in [0.25, 0.3) is 0 Å². The molecule has 2 aliphatic heterocycles. The molecule has 28 heavy (non-hydrogen) atoms. The number of hydrogen-bond donors (Lipinski definition) is 0. The van der Waals surface area contributed by atoms with Crippen LogP contribution in [0, 0.1) is 5.41 Å². The third kappa shape index (κ3) is 4.17. The van der Waals surface area contributed by atoms with E-state index in [0.717, 1.165) is 19.3 Å². The standard InChI is InChI=1S/C23H25BrO4/c1-16(24)21(25)28-20-22-26-15-19(27-22)14-23(20,12-17-8-4-2-5-9-17)13-18-10-6-3-7-11-18/h2-11,16,19-20,22H,12-15H2,1H3/t16-,19-,20+,22+/m0/s1. The van der Waals surface area contributed by atoms with E-state index in [1.165, 1.54) is 11.1 Å². The molecule has 2 aliphatic rings. The number of rotatable bonds is 6. The van der Waals surface area contributed by atoms with Crippen molar-refractivity contribution >= 4 is 21.9 Å². The number of esters is 1. The zero-order valence-electron chi connectivity index (χ0n) is 15.9. The van der Waals surface area contributed by atoms with Crippen LogP contribution in [0.3, 0.4) is 0 Å². The molecule has 2 heterocycles. The molecule has 0 amide bonds. The molecular weight excluding hydrogens is 420 g/mol. The normalized spacial score (nSPS) is 26.6. The van der Waals surface area contributed by atoms with E-state index in [1.807, 2.05) is 12.1 Å². The van der Waals surface area contributed by atoms with Gasteiger partial charge in [0.2, 0.25) is 0 Å². The molecule has 2 aromatic carbocycles. The highest BCUT2D eigenvalue weighted by Crippen LogP contribution is 2.47. The highest BCUT2D eigenvalue weighted by atomic mass is 79.9. The maximum absolute atomic E-state index is 12.5. The number of carbonyl (C=O) groups excluding carboxylic acids is 1. The molecule has 0 saturated carbocycles. The van der Waals surface area contributed by atoms with Crippen molar-refractivity contribution in [2.24, 2.45) is 5.41 Å². The van der Waals surface area contributed by atoms with Crippen LogP contribution in [-0.2, 0) is 31.8 Å². The van der Waals surface area contributed by atoms with Gasteiger partial charge in [0.05, 0.1) is 12.7 Å². The highest BCUT2D eigenvalue weighted by molar-refractivity contribution is 9.10. The minimum atomic E-state index is -0.513. The van der Waals surface area contributed by atoms with Crippen molar-refractivity contribution < 1.29 is 19.0 Å². The van der Waals surface area contributed by atoms with E-state index < -0.39 is 12.4 Å². The van der Waals surface area contributed by atoms with Gasteiger partial charge in [-0.15, -0.1) is 0 Å². The summed E-state index contributed by atoms with van der Waals surface area (Å²) in [6, 6.07) is 20.8. The Bertz CT molecular complexity index is 751. The number of ether oxygens (including phenoxy) is 3. The van der Waals surface area contributed by atoms with Gasteiger partial charge < -0.3 is 14.2 Å². The van der Waals surface area contributed by atoms with Crippen molar-refractivity contribution in [3.8, 4) is 0 Å². The third-order valence-corrected chi connectivity index (χ3v) is 6.00.